The first-order valence-electron chi connectivity index (χ1n) is 7.07. The third-order valence-corrected chi connectivity index (χ3v) is 5.25. The third-order valence-electron chi connectivity index (χ3n) is 4.81. The Balaban J connectivity index is 1.92. The van der Waals surface area contributed by atoms with Crippen LogP contribution in [0.3, 0.4) is 0 Å². The molecule has 1 heterocycles. The van der Waals surface area contributed by atoms with Crippen molar-refractivity contribution in [3.05, 3.63) is 33.8 Å². The minimum atomic E-state index is 0.239. The van der Waals surface area contributed by atoms with Crippen LogP contribution < -0.4 is 5.32 Å². The fourth-order valence-corrected chi connectivity index (χ4v) is 4.43. The first-order chi connectivity index (χ1) is 9.30. The predicted octanol–water partition coefficient (Wildman–Crippen LogP) is 4.51. The summed E-state index contributed by atoms with van der Waals surface area (Å²) in [5, 5.41) is 4.85. The highest BCUT2D eigenvalue weighted by Gasteiger charge is 2.63. The Kier molecular flexibility index (Phi) is 3.30. The lowest BCUT2D eigenvalue weighted by molar-refractivity contribution is 0.438. The second kappa shape index (κ2) is 4.64. The number of rotatable bonds is 2. The summed E-state index contributed by atoms with van der Waals surface area (Å²) in [6.45, 7) is 8.87. The highest BCUT2D eigenvalue weighted by atomic mass is 35.5. The van der Waals surface area contributed by atoms with E-state index in [0.29, 0.717) is 34.0 Å². The van der Waals surface area contributed by atoms with Gasteiger partial charge in [-0.1, -0.05) is 37.0 Å². The summed E-state index contributed by atoms with van der Waals surface area (Å²) in [7, 11) is 0. The molecule has 1 aromatic carbocycles. The zero-order valence-corrected chi connectivity index (χ0v) is 13.8. The Bertz CT molecular complexity index is 560. The lowest BCUT2D eigenvalue weighted by Crippen LogP contribution is -2.32. The van der Waals surface area contributed by atoms with E-state index in [1.807, 2.05) is 19.1 Å². The van der Waals surface area contributed by atoms with Gasteiger partial charge in [-0.25, -0.2) is 0 Å². The monoisotopic (exact) mass is 310 g/mol. The molecule has 0 bridgehead atoms. The van der Waals surface area contributed by atoms with Crippen molar-refractivity contribution in [3.63, 3.8) is 0 Å². The summed E-state index contributed by atoms with van der Waals surface area (Å²) in [4.78, 5) is 4.79. The van der Waals surface area contributed by atoms with Gasteiger partial charge in [0.2, 0.25) is 0 Å². The maximum Gasteiger partial charge on any atom is 0.0938 e. The number of aliphatic imine (C=N–C) groups is 1. The van der Waals surface area contributed by atoms with E-state index < -0.39 is 0 Å². The van der Waals surface area contributed by atoms with E-state index >= 15 is 0 Å². The Labute approximate surface area is 130 Å². The van der Waals surface area contributed by atoms with Gasteiger partial charge in [-0.15, -0.1) is 0 Å². The molecule has 4 atom stereocenters. The molecular weight excluding hydrogens is 291 g/mol. The van der Waals surface area contributed by atoms with Crippen molar-refractivity contribution in [1.29, 1.82) is 0 Å². The standard InChI is InChI=1S/C16H20Cl2N2/c1-8-15(20-9(2)19-8)14-13(16(14,3)4)10-5-11(17)7-12(18)6-10/h5-8,13-15H,1-4H3,(H,19,20)/t8?,13-,14+,15?/m1/s1. The summed E-state index contributed by atoms with van der Waals surface area (Å²) in [6, 6.07) is 6.62. The van der Waals surface area contributed by atoms with E-state index in [9.17, 15) is 0 Å². The molecule has 4 heteroatoms. The minimum absolute atomic E-state index is 0.239. The van der Waals surface area contributed by atoms with Gasteiger partial charge in [-0.05, 0) is 54.9 Å². The number of nitrogens with zero attached hydrogens (tertiary/aromatic N) is 1. The van der Waals surface area contributed by atoms with Gasteiger partial charge >= 0.3 is 0 Å². The van der Waals surface area contributed by atoms with Crippen LogP contribution in [0.25, 0.3) is 0 Å². The molecule has 0 spiro atoms. The highest BCUT2D eigenvalue weighted by Crippen LogP contribution is 2.67. The predicted molar refractivity (Wildman–Crippen MR) is 86.0 cm³/mol. The summed E-state index contributed by atoms with van der Waals surface area (Å²) < 4.78 is 0. The molecule has 2 nitrogen and oxygen atoms in total. The fourth-order valence-electron chi connectivity index (χ4n) is 3.89. The number of amidine groups is 1. The molecule has 0 aromatic heterocycles. The molecule has 1 aromatic rings. The zero-order chi connectivity index (χ0) is 14.7. The van der Waals surface area contributed by atoms with E-state index in [4.69, 9.17) is 28.2 Å². The van der Waals surface area contributed by atoms with Crippen molar-refractivity contribution in [1.82, 2.24) is 5.32 Å². The number of halogens is 2. The molecule has 1 aliphatic heterocycles. The average molecular weight is 311 g/mol. The number of hydrogen-bond donors (Lipinski definition) is 1. The molecule has 1 aliphatic carbocycles. The van der Waals surface area contributed by atoms with Crippen LogP contribution >= 0.6 is 23.2 Å². The van der Waals surface area contributed by atoms with Gasteiger partial charge in [0.1, 0.15) is 0 Å². The van der Waals surface area contributed by atoms with E-state index in [-0.39, 0.29) is 5.41 Å². The maximum atomic E-state index is 6.15. The first kappa shape index (κ1) is 14.2. The molecule has 108 valence electrons. The van der Waals surface area contributed by atoms with Gasteiger partial charge < -0.3 is 5.32 Å². The van der Waals surface area contributed by atoms with Gasteiger partial charge in [0.05, 0.1) is 11.9 Å². The van der Waals surface area contributed by atoms with E-state index in [1.54, 1.807) is 6.07 Å². The molecule has 0 radical (unpaired) electrons. The van der Waals surface area contributed by atoms with Crippen LogP contribution in [0.15, 0.2) is 23.2 Å². The van der Waals surface area contributed by atoms with Crippen LogP contribution in [0.1, 0.15) is 39.2 Å². The molecule has 3 rings (SSSR count). The third kappa shape index (κ3) is 2.23. The highest BCUT2D eigenvalue weighted by molar-refractivity contribution is 6.34. The van der Waals surface area contributed by atoms with Gasteiger partial charge in [0, 0.05) is 16.1 Å². The molecule has 1 fully saturated rings. The van der Waals surface area contributed by atoms with Crippen LogP contribution in [0, 0.1) is 11.3 Å². The summed E-state index contributed by atoms with van der Waals surface area (Å²) in [5.41, 5.74) is 1.48. The summed E-state index contributed by atoms with van der Waals surface area (Å²) >= 11 is 12.3. The quantitative estimate of drug-likeness (QED) is 0.853. The minimum Gasteiger partial charge on any atom is -0.369 e. The summed E-state index contributed by atoms with van der Waals surface area (Å²) in [6.07, 6.45) is 0. The van der Waals surface area contributed by atoms with Gasteiger partial charge in [-0.3, -0.25) is 4.99 Å². The van der Waals surface area contributed by atoms with Crippen LogP contribution in [-0.2, 0) is 0 Å². The normalized spacial score (nSPS) is 34.6. The van der Waals surface area contributed by atoms with Crippen LogP contribution in [-0.4, -0.2) is 17.9 Å². The van der Waals surface area contributed by atoms with E-state index in [1.165, 1.54) is 5.56 Å². The maximum absolute atomic E-state index is 6.15. The molecule has 1 saturated carbocycles. The zero-order valence-electron chi connectivity index (χ0n) is 12.2. The molecule has 2 aliphatic rings. The van der Waals surface area contributed by atoms with Crippen LogP contribution in [0.5, 0.6) is 0 Å². The van der Waals surface area contributed by atoms with Crippen LogP contribution in [0.4, 0.5) is 0 Å². The molecular formula is C16H20Cl2N2. The Morgan fingerprint density at radius 2 is 1.75 bits per heavy atom. The largest absolute Gasteiger partial charge is 0.369 e. The molecule has 2 unspecified atom stereocenters. The lowest BCUT2D eigenvalue weighted by Gasteiger charge is -2.15. The lowest BCUT2D eigenvalue weighted by atomic mass is 10.00. The van der Waals surface area contributed by atoms with Gasteiger partial charge in [0.15, 0.2) is 0 Å². The van der Waals surface area contributed by atoms with Crippen molar-refractivity contribution in [2.24, 2.45) is 16.3 Å². The second-order valence-electron chi connectivity index (χ2n) is 6.67. The van der Waals surface area contributed by atoms with E-state index in [2.05, 4.69) is 26.1 Å². The van der Waals surface area contributed by atoms with Crippen LogP contribution in [0.2, 0.25) is 10.0 Å². The SMILES string of the molecule is CC1=NC([C@@H]2[C@@H](c3cc(Cl)cc(Cl)c3)C2(C)C)C(C)N1. The molecule has 0 saturated heterocycles. The number of nitrogens with one attached hydrogen (secondary N) is 1. The molecule has 0 amide bonds. The summed E-state index contributed by atoms with van der Waals surface area (Å²) in [5.74, 6) is 2.06. The van der Waals surface area contributed by atoms with Crippen molar-refractivity contribution < 1.29 is 0 Å². The molecule has 1 N–H and O–H groups in total. The Morgan fingerprint density at radius 1 is 1.15 bits per heavy atom. The Hall–Kier alpha value is -0.730. The van der Waals surface area contributed by atoms with Crippen molar-refractivity contribution in [2.75, 3.05) is 0 Å². The fraction of sp³-hybridized carbons (Fsp3) is 0.562. The topological polar surface area (TPSA) is 24.4 Å². The van der Waals surface area contributed by atoms with Crippen molar-refractivity contribution in [3.8, 4) is 0 Å². The average Bonchev–Trinajstić information content (AvgIpc) is 2.70. The van der Waals surface area contributed by atoms with Gasteiger partial charge in [-0.2, -0.15) is 0 Å². The Morgan fingerprint density at radius 3 is 2.25 bits per heavy atom. The van der Waals surface area contributed by atoms with Crippen molar-refractivity contribution >= 4 is 29.0 Å². The molecule has 20 heavy (non-hydrogen) atoms. The van der Waals surface area contributed by atoms with Gasteiger partial charge in [0.25, 0.3) is 0 Å². The first-order valence-corrected chi connectivity index (χ1v) is 7.83. The second-order valence-corrected chi connectivity index (χ2v) is 7.54. The number of benzene rings is 1. The smallest absolute Gasteiger partial charge is 0.0938 e. The number of hydrogen-bond acceptors (Lipinski definition) is 2. The van der Waals surface area contributed by atoms with Crippen molar-refractivity contribution in [2.45, 2.75) is 45.7 Å². The van der Waals surface area contributed by atoms with E-state index in [0.717, 1.165) is 5.84 Å².